The zero-order chi connectivity index (χ0) is 43.5. The van der Waals surface area contributed by atoms with Crippen LogP contribution in [0.25, 0.3) is 0 Å². The zero-order valence-electron chi connectivity index (χ0n) is 38.8. The number of rotatable bonds is 26. The maximum absolute atomic E-state index is 13.3. The van der Waals surface area contributed by atoms with Gasteiger partial charge < -0.3 is 13.6 Å². The number of benzene rings is 2. The van der Waals surface area contributed by atoms with Crippen molar-refractivity contribution in [1.29, 1.82) is 0 Å². The van der Waals surface area contributed by atoms with E-state index in [1.54, 1.807) is 0 Å². The second kappa shape index (κ2) is 25.3. The van der Waals surface area contributed by atoms with Gasteiger partial charge in [0.1, 0.15) is 11.9 Å². The van der Waals surface area contributed by atoms with E-state index in [2.05, 4.69) is 169 Å². The fourth-order valence-corrected chi connectivity index (χ4v) is 14.5. The molecule has 0 spiro atoms. The van der Waals surface area contributed by atoms with Crippen molar-refractivity contribution < 1.29 is 18.4 Å². The normalized spacial score (nSPS) is 16.3. The molecule has 0 saturated carbocycles. The van der Waals surface area contributed by atoms with Crippen molar-refractivity contribution in [2.75, 3.05) is 6.61 Å². The van der Waals surface area contributed by atoms with Crippen LogP contribution in [0, 0.1) is 11.8 Å². The largest absolute Gasteiger partial charge is 0.544 e. The van der Waals surface area contributed by atoms with Gasteiger partial charge in [0, 0.05) is 25.0 Å². The lowest BCUT2D eigenvalue weighted by Gasteiger charge is -2.43. The lowest BCUT2D eigenvalue weighted by molar-refractivity contribution is -0.116. The molecular formula is C52H79BrO4Si2. The number of ether oxygens (including phenoxy) is 1. The van der Waals surface area contributed by atoms with Crippen molar-refractivity contribution in [2.24, 2.45) is 11.8 Å². The van der Waals surface area contributed by atoms with Gasteiger partial charge in [-0.3, -0.25) is 4.79 Å². The van der Waals surface area contributed by atoms with Crippen molar-refractivity contribution in [3.63, 3.8) is 0 Å². The van der Waals surface area contributed by atoms with Crippen LogP contribution in [0.3, 0.4) is 0 Å². The van der Waals surface area contributed by atoms with Gasteiger partial charge in [0.05, 0.1) is 0 Å². The van der Waals surface area contributed by atoms with Crippen molar-refractivity contribution >= 4 is 48.7 Å². The van der Waals surface area contributed by atoms with Gasteiger partial charge >= 0.3 is 0 Å². The van der Waals surface area contributed by atoms with Crippen LogP contribution in [0.15, 0.2) is 118 Å². The minimum atomic E-state index is -2.54. The fraction of sp³-hybridized carbons (Fsp3) is 0.558. The minimum absolute atomic E-state index is 0.0214. The number of allylic oxidation sites excluding steroid dienone is 8. The van der Waals surface area contributed by atoms with E-state index in [0.717, 1.165) is 81.3 Å². The first-order valence-corrected chi connectivity index (χ1v) is 28.8. The summed E-state index contributed by atoms with van der Waals surface area (Å²) in [6.07, 6.45) is 23.9. The first-order chi connectivity index (χ1) is 28.0. The number of hydrogen-bond acceptors (Lipinski definition) is 4. The summed E-state index contributed by atoms with van der Waals surface area (Å²) >= 11 is 3.85. The molecule has 0 radical (unpaired) electrons. The Labute approximate surface area is 371 Å². The highest BCUT2D eigenvalue weighted by Crippen LogP contribution is 2.37. The Morgan fingerprint density at radius 2 is 1.44 bits per heavy atom. The van der Waals surface area contributed by atoms with Crippen LogP contribution < -0.4 is 10.4 Å². The maximum Gasteiger partial charge on any atom is 0.261 e. The molecule has 0 fully saturated rings. The number of hydrogen-bond donors (Lipinski definition) is 0. The Morgan fingerprint density at radius 1 is 0.847 bits per heavy atom. The van der Waals surface area contributed by atoms with Crippen molar-refractivity contribution in [3.8, 4) is 0 Å². The van der Waals surface area contributed by atoms with Crippen LogP contribution in [-0.2, 0) is 18.4 Å². The molecule has 2 aromatic carbocycles. The van der Waals surface area contributed by atoms with E-state index in [-0.39, 0.29) is 16.9 Å². The van der Waals surface area contributed by atoms with Crippen LogP contribution in [0.4, 0.5) is 0 Å². The highest BCUT2D eigenvalue weighted by Gasteiger charge is 2.50. The number of halogens is 1. The summed E-state index contributed by atoms with van der Waals surface area (Å²) in [5.41, 5.74) is 3.22. The monoisotopic (exact) mass is 902 g/mol. The smallest absolute Gasteiger partial charge is 0.261 e. The molecule has 0 N–H and O–H groups in total. The van der Waals surface area contributed by atoms with Crippen LogP contribution in [0.2, 0.25) is 24.7 Å². The number of unbranched alkanes of at least 4 members (excludes halogenated alkanes) is 3. The molecule has 0 bridgehead atoms. The maximum atomic E-state index is 13.3. The summed E-state index contributed by atoms with van der Waals surface area (Å²) in [4.78, 5) is 13.3. The van der Waals surface area contributed by atoms with Gasteiger partial charge in [0.25, 0.3) is 8.32 Å². The predicted octanol–water partition coefficient (Wildman–Crippen LogP) is 14.7. The van der Waals surface area contributed by atoms with Gasteiger partial charge in [-0.1, -0.05) is 157 Å². The zero-order valence-corrected chi connectivity index (χ0v) is 42.4. The lowest BCUT2D eigenvalue weighted by atomic mass is 9.87. The van der Waals surface area contributed by atoms with E-state index in [0.29, 0.717) is 22.9 Å². The number of ketones is 1. The Balaban J connectivity index is 1.66. The quantitative estimate of drug-likeness (QED) is 0.0408. The summed E-state index contributed by atoms with van der Waals surface area (Å²) in [5.74, 6) is 1.89. The van der Waals surface area contributed by atoms with E-state index in [4.69, 9.17) is 13.6 Å². The SMILES string of the molecule is CCCCC=CCCCC(C)CC(OC(Br)=C(CCC=C(C)CCCC(C)CO[Si](c1ccccc1)(c1ccccc1)C(C)(C)C)O[Si](C)(C)C)C1=C(C)C=CCC1=O. The molecule has 0 aromatic heterocycles. The third-order valence-corrected chi connectivity index (χ3v) is 17.8. The van der Waals surface area contributed by atoms with E-state index in [1.165, 1.54) is 35.2 Å². The van der Waals surface area contributed by atoms with Crippen LogP contribution in [-0.4, -0.2) is 35.1 Å². The molecule has 1 aliphatic rings. The molecule has 3 atom stereocenters. The van der Waals surface area contributed by atoms with Gasteiger partial charge in [0.15, 0.2) is 10.5 Å². The summed E-state index contributed by atoms with van der Waals surface area (Å²) in [6, 6.07) is 21.9. The first kappa shape index (κ1) is 50.6. The Kier molecular flexibility index (Phi) is 21.7. The molecule has 59 heavy (non-hydrogen) atoms. The molecule has 3 rings (SSSR count). The second-order valence-corrected chi connectivity index (χ2v) is 28.5. The molecule has 7 heteroatoms. The van der Waals surface area contributed by atoms with Crippen LogP contribution in [0.1, 0.15) is 139 Å². The molecule has 1 aliphatic carbocycles. The molecule has 4 nitrogen and oxygen atoms in total. The van der Waals surface area contributed by atoms with Gasteiger partial charge in [-0.2, -0.15) is 0 Å². The lowest BCUT2D eigenvalue weighted by Crippen LogP contribution is -2.66. The molecule has 2 aromatic rings. The Hall–Kier alpha value is -2.72. The molecule has 0 heterocycles. The average molecular weight is 904 g/mol. The summed E-state index contributed by atoms with van der Waals surface area (Å²) < 4.78 is 21.4. The van der Waals surface area contributed by atoms with Gasteiger partial charge in [-0.05, 0) is 134 Å². The second-order valence-electron chi connectivity index (χ2n) is 19.1. The van der Waals surface area contributed by atoms with Crippen LogP contribution >= 0.6 is 15.9 Å². The number of carbonyl (C=O) groups is 1. The van der Waals surface area contributed by atoms with Crippen molar-refractivity contribution in [3.05, 3.63) is 118 Å². The average Bonchev–Trinajstić information content (AvgIpc) is 3.17. The summed E-state index contributed by atoms with van der Waals surface area (Å²) in [7, 11) is -4.49. The first-order valence-electron chi connectivity index (χ1n) is 22.7. The van der Waals surface area contributed by atoms with Crippen molar-refractivity contribution in [1.82, 2.24) is 0 Å². The minimum Gasteiger partial charge on any atom is -0.544 e. The van der Waals surface area contributed by atoms with Crippen molar-refractivity contribution in [2.45, 2.75) is 170 Å². The molecule has 0 saturated heterocycles. The Morgan fingerprint density at radius 3 is 2.00 bits per heavy atom. The standard InChI is InChI=1S/C52H79BrO4Si2/c1-12-13-14-15-16-17-20-28-42(3)39-49(50-44(5)32-27-37-47(50)54)56-51(53)48(57-58(9,10)11)38-26-30-41(2)29-25-31-43(4)40-55-59(52(6,7)8,45-33-21-18-22-34-45)46-35-23-19-24-36-46/h15-16,18-19,21-24,27,30,32-36,42-43,49H,12-14,17,20,25-26,28-29,31,37-40H2,1-11H3. The third kappa shape index (κ3) is 16.9. The van der Waals surface area contributed by atoms with Crippen LogP contribution in [0.5, 0.6) is 0 Å². The predicted molar refractivity (Wildman–Crippen MR) is 263 cm³/mol. The molecule has 326 valence electrons. The molecule has 0 amide bonds. The molecule has 0 aliphatic heterocycles. The van der Waals surface area contributed by atoms with E-state index < -0.39 is 16.6 Å². The Bertz CT molecular complexity index is 1670. The fourth-order valence-electron chi connectivity index (χ4n) is 8.19. The number of carbonyl (C=O) groups excluding carboxylic acids is 1. The van der Waals surface area contributed by atoms with Gasteiger partial charge in [-0.25, -0.2) is 0 Å². The van der Waals surface area contributed by atoms with Gasteiger partial charge in [-0.15, -0.1) is 0 Å². The van der Waals surface area contributed by atoms with E-state index in [1.807, 2.05) is 13.0 Å². The third-order valence-electron chi connectivity index (χ3n) is 11.3. The highest BCUT2D eigenvalue weighted by molar-refractivity contribution is 9.11. The van der Waals surface area contributed by atoms with E-state index >= 15 is 0 Å². The topological polar surface area (TPSA) is 44.8 Å². The summed E-state index contributed by atoms with van der Waals surface area (Å²) in [5, 5.41) is 2.65. The highest BCUT2D eigenvalue weighted by atomic mass is 79.9. The number of Topliss-reactive ketones (excluding diaryl/α,β-unsaturated/α-hetero) is 1. The molecular weight excluding hydrogens is 825 g/mol. The van der Waals surface area contributed by atoms with Gasteiger partial charge in [0.2, 0.25) is 8.32 Å². The molecule has 3 unspecified atom stereocenters. The summed E-state index contributed by atoms with van der Waals surface area (Å²) in [6.45, 7) is 25.6. The van der Waals surface area contributed by atoms with E-state index in [9.17, 15) is 4.79 Å².